The highest BCUT2D eigenvalue weighted by atomic mass is 16.6. The minimum Gasteiger partial charge on any atom is -0.350 e. The number of allylic oxidation sites excluding steroid dienone is 1. The number of amides is 2. The van der Waals surface area contributed by atoms with Gasteiger partial charge in [0.05, 0.1) is 10.6 Å². The standard InChI is InChI=1S/C16H14N4O3/c17-16(21)19-18-15(13-4-2-1-3-5-13)11-8-12-6-9-14(10-7-12)20(22)23/h1-11H,(H3,17,19,21)/b11-8+,18-15-. The van der Waals surface area contributed by atoms with Gasteiger partial charge in [-0.3, -0.25) is 10.1 Å². The normalized spacial score (nSPS) is 11.4. The molecule has 0 aliphatic rings. The van der Waals surface area contributed by atoms with Crippen LogP contribution in [0.1, 0.15) is 11.1 Å². The SMILES string of the molecule is NC(=O)N/N=C(/C=C/c1ccc([N+](=O)[O-])cc1)c1ccccc1. The minimum absolute atomic E-state index is 0.0227. The van der Waals surface area contributed by atoms with Gasteiger partial charge < -0.3 is 5.73 Å². The summed E-state index contributed by atoms with van der Waals surface area (Å²) < 4.78 is 0. The van der Waals surface area contributed by atoms with Crippen molar-refractivity contribution in [2.24, 2.45) is 10.8 Å². The first-order chi connectivity index (χ1) is 11.1. The van der Waals surface area contributed by atoms with E-state index in [1.165, 1.54) is 12.1 Å². The molecule has 0 aromatic heterocycles. The minimum atomic E-state index is -0.762. The molecule has 0 atom stereocenters. The van der Waals surface area contributed by atoms with Gasteiger partial charge in [0.2, 0.25) is 0 Å². The van der Waals surface area contributed by atoms with Crippen LogP contribution in [0.4, 0.5) is 10.5 Å². The lowest BCUT2D eigenvalue weighted by molar-refractivity contribution is -0.384. The van der Waals surface area contributed by atoms with Crippen LogP contribution in [0.5, 0.6) is 0 Å². The molecule has 2 rings (SSSR count). The number of hydrazone groups is 1. The number of benzene rings is 2. The van der Waals surface area contributed by atoms with Crippen molar-refractivity contribution in [2.75, 3.05) is 0 Å². The number of nitrogens with zero attached hydrogens (tertiary/aromatic N) is 2. The highest BCUT2D eigenvalue weighted by molar-refractivity contribution is 6.10. The second kappa shape index (κ2) is 7.51. The number of non-ortho nitro benzene ring substituents is 1. The van der Waals surface area contributed by atoms with Gasteiger partial charge in [0.15, 0.2) is 0 Å². The second-order valence-electron chi connectivity index (χ2n) is 4.52. The summed E-state index contributed by atoms with van der Waals surface area (Å²) in [6.45, 7) is 0. The van der Waals surface area contributed by atoms with Crippen molar-refractivity contribution in [1.29, 1.82) is 0 Å². The fraction of sp³-hybridized carbons (Fsp3) is 0. The van der Waals surface area contributed by atoms with E-state index >= 15 is 0 Å². The monoisotopic (exact) mass is 310 g/mol. The van der Waals surface area contributed by atoms with Gasteiger partial charge in [-0.05, 0) is 23.8 Å². The summed E-state index contributed by atoms with van der Waals surface area (Å²) in [6, 6.07) is 14.5. The summed E-state index contributed by atoms with van der Waals surface area (Å²) >= 11 is 0. The molecule has 0 bridgehead atoms. The molecule has 0 saturated carbocycles. The molecule has 0 fully saturated rings. The molecule has 2 aromatic carbocycles. The highest BCUT2D eigenvalue weighted by Gasteiger charge is 2.03. The van der Waals surface area contributed by atoms with Crippen molar-refractivity contribution in [2.45, 2.75) is 0 Å². The molecule has 0 heterocycles. The van der Waals surface area contributed by atoms with E-state index in [1.54, 1.807) is 24.3 Å². The number of primary amides is 1. The molecule has 3 N–H and O–H groups in total. The average molecular weight is 310 g/mol. The Morgan fingerprint density at radius 2 is 1.78 bits per heavy atom. The number of hydrogen-bond donors (Lipinski definition) is 2. The van der Waals surface area contributed by atoms with Crippen molar-refractivity contribution in [3.05, 3.63) is 81.9 Å². The third-order valence-electron chi connectivity index (χ3n) is 2.89. The fourth-order valence-corrected chi connectivity index (χ4v) is 1.80. The van der Waals surface area contributed by atoms with E-state index in [9.17, 15) is 14.9 Å². The Labute approximate surface area is 132 Å². The van der Waals surface area contributed by atoms with E-state index in [2.05, 4.69) is 10.5 Å². The largest absolute Gasteiger partial charge is 0.350 e. The first kappa shape index (κ1) is 15.9. The van der Waals surface area contributed by atoms with Crippen LogP contribution < -0.4 is 11.2 Å². The molecule has 0 unspecified atom stereocenters. The Balaban J connectivity index is 2.24. The summed E-state index contributed by atoms with van der Waals surface area (Å²) in [6.07, 6.45) is 3.42. The van der Waals surface area contributed by atoms with E-state index in [0.717, 1.165) is 11.1 Å². The Kier molecular flexibility index (Phi) is 5.19. The molecule has 0 spiro atoms. The van der Waals surface area contributed by atoms with E-state index in [0.29, 0.717) is 5.71 Å². The van der Waals surface area contributed by atoms with Crippen LogP contribution in [0.25, 0.3) is 6.08 Å². The molecule has 116 valence electrons. The van der Waals surface area contributed by atoms with Crippen LogP contribution in [-0.2, 0) is 0 Å². The number of nitro groups is 1. The van der Waals surface area contributed by atoms with Gasteiger partial charge in [0.1, 0.15) is 0 Å². The first-order valence-electron chi connectivity index (χ1n) is 6.67. The lowest BCUT2D eigenvalue weighted by Crippen LogP contribution is -2.25. The predicted molar refractivity (Wildman–Crippen MR) is 87.8 cm³/mol. The zero-order valence-corrected chi connectivity index (χ0v) is 12.0. The topological polar surface area (TPSA) is 111 Å². The summed E-state index contributed by atoms with van der Waals surface area (Å²) in [5, 5.41) is 14.6. The van der Waals surface area contributed by atoms with Crippen LogP contribution in [0, 0.1) is 10.1 Å². The Morgan fingerprint density at radius 3 is 2.35 bits per heavy atom. The Hall–Kier alpha value is -3.48. The lowest BCUT2D eigenvalue weighted by Gasteiger charge is -2.02. The zero-order chi connectivity index (χ0) is 16.7. The van der Waals surface area contributed by atoms with Crippen molar-refractivity contribution in [1.82, 2.24) is 5.43 Å². The van der Waals surface area contributed by atoms with Crippen molar-refractivity contribution in [3.63, 3.8) is 0 Å². The van der Waals surface area contributed by atoms with Crippen LogP contribution in [-0.4, -0.2) is 16.7 Å². The maximum absolute atomic E-state index is 10.8. The van der Waals surface area contributed by atoms with Crippen LogP contribution in [0.2, 0.25) is 0 Å². The van der Waals surface area contributed by atoms with Gasteiger partial charge in [-0.15, -0.1) is 0 Å². The number of carbonyl (C=O) groups is 1. The molecule has 2 aromatic rings. The van der Waals surface area contributed by atoms with Gasteiger partial charge in [-0.1, -0.05) is 36.4 Å². The third-order valence-corrected chi connectivity index (χ3v) is 2.89. The van der Waals surface area contributed by atoms with E-state index < -0.39 is 11.0 Å². The van der Waals surface area contributed by atoms with Crippen LogP contribution in [0.15, 0.2) is 65.8 Å². The highest BCUT2D eigenvalue weighted by Crippen LogP contribution is 2.13. The summed E-state index contributed by atoms with van der Waals surface area (Å²) in [7, 11) is 0. The number of carbonyl (C=O) groups excluding carboxylic acids is 1. The summed E-state index contributed by atoms with van der Waals surface area (Å²) in [4.78, 5) is 21.0. The number of rotatable bonds is 5. The number of nitro benzene ring substituents is 1. The van der Waals surface area contributed by atoms with Gasteiger partial charge in [0, 0.05) is 17.7 Å². The molecular formula is C16H14N4O3. The van der Waals surface area contributed by atoms with E-state index in [-0.39, 0.29) is 5.69 Å². The van der Waals surface area contributed by atoms with E-state index in [1.807, 2.05) is 30.3 Å². The predicted octanol–water partition coefficient (Wildman–Crippen LogP) is 2.68. The lowest BCUT2D eigenvalue weighted by atomic mass is 10.1. The Bertz CT molecular complexity index is 753. The number of hydrogen-bond acceptors (Lipinski definition) is 4. The maximum Gasteiger partial charge on any atom is 0.332 e. The third kappa shape index (κ3) is 4.78. The van der Waals surface area contributed by atoms with Crippen molar-refractivity contribution >= 4 is 23.5 Å². The van der Waals surface area contributed by atoms with Gasteiger partial charge in [-0.25, -0.2) is 10.2 Å². The molecule has 7 nitrogen and oxygen atoms in total. The van der Waals surface area contributed by atoms with Crippen LogP contribution in [0.3, 0.4) is 0 Å². The number of nitrogens with one attached hydrogen (secondary N) is 1. The number of nitrogens with two attached hydrogens (primary N) is 1. The summed E-state index contributed by atoms with van der Waals surface area (Å²) in [5.41, 5.74) is 9.30. The quantitative estimate of drug-likeness (QED) is 0.503. The number of urea groups is 1. The molecule has 0 saturated heterocycles. The van der Waals surface area contributed by atoms with Gasteiger partial charge in [0.25, 0.3) is 5.69 Å². The molecule has 0 radical (unpaired) electrons. The summed E-state index contributed by atoms with van der Waals surface area (Å²) in [5.74, 6) is 0. The molecule has 7 heteroatoms. The maximum atomic E-state index is 10.8. The van der Waals surface area contributed by atoms with Crippen molar-refractivity contribution in [3.8, 4) is 0 Å². The molecular weight excluding hydrogens is 296 g/mol. The van der Waals surface area contributed by atoms with Gasteiger partial charge >= 0.3 is 6.03 Å². The fourth-order valence-electron chi connectivity index (χ4n) is 1.80. The molecule has 23 heavy (non-hydrogen) atoms. The van der Waals surface area contributed by atoms with Gasteiger partial charge in [-0.2, -0.15) is 5.10 Å². The second-order valence-corrected chi connectivity index (χ2v) is 4.52. The smallest absolute Gasteiger partial charge is 0.332 e. The van der Waals surface area contributed by atoms with Crippen molar-refractivity contribution < 1.29 is 9.72 Å². The first-order valence-corrected chi connectivity index (χ1v) is 6.67. The molecule has 0 aliphatic heterocycles. The van der Waals surface area contributed by atoms with E-state index in [4.69, 9.17) is 5.73 Å². The van der Waals surface area contributed by atoms with Crippen LogP contribution >= 0.6 is 0 Å². The molecule has 0 aliphatic carbocycles. The average Bonchev–Trinajstić information content (AvgIpc) is 2.56. The zero-order valence-electron chi connectivity index (χ0n) is 12.0. The molecule has 2 amide bonds. The Morgan fingerprint density at radius 1 is 1.13 bits per heavy atom.